The number of nitrogens with two attached hydrogens (primary N) is 3. The second kappa shape index (κ2) is 9.35. The molecule has 2 unspecified atom stereocenters. The van der Waals surface area contributed by atoms with Crippen LogP contribution in [0.5, 0.6) is 0 Å². The van der Waals surface area contributed by atoms with E-state index in [4.69, 9.17) is 22.0 Å². The number of carboxylic acids is 1. The van der Waals surface area contributed by atoms with Gasteiger partial charge >= 0.3 is 5.97 Å². The quantitative estimate of drug-likeness (QED) is 0.134. The van der Waals surface area contributed by atoms with Crippen molar-refractivity contribution in [3.05, 3.63) is 27.7 Å². The monoisotopic (exact) mass is 523 g/mol. The van der Waals surface area contributed by atoms with Gasteiger partial charge in [0.15, 0.2) is 10.8 Å². The van der Waals surface area contributed by atoms with Gasteiger partial charge < -0.3 is 32.5 Å². The second-order valence-corrected chi connectivity index (χ2v) is 9.83. The molecule has 2 aliphatic rings. The zero-order valence-corrected chi connectivity index (χ0v) is 19.7. The highest BCUT2D eigenvalue weighted by molar-refractivity contribution is 8.06. The molecule has 0 saturated carbocycles. The number of oxime groups is 1. The van der Waals surface area contributed by atoms with Gasteiger partial charge in [-0.05, 0) is 0 Å². The molecule has 1 saturated heterocycles. The summed E-state index contributed by atoms with van der Waals surface area (Å²) in [7, 11) is 1.26. The fourth-order valence-corrected chi connectivity index (χ4v) is 6.25. The molecule has 178 valence electrons. The van der Waals surface area contributed by atoms with Crippen LogP contribution < -0.4 is 22.5 Å². The maximum atomic E-state index is 12.9. The molecule has 2 aliphatic heterocycles. The number of carboxylic acid groups (broad SMARTS) is 1. The molecule has 1 fully saturated rings. The van der Waals surface area contributed by atoms with E-state index in [0.717, 1.165) is 28.0 Å². The second-order valence-electron chi connectivity index (χ2n) is 6.72. The van der Waals surface area contributed by atoms with Crippen molar-refractivity contribution in [2.45, 2.75) is 16.4 Å². The summed E-state index contributed by atoms with van der Waals surface area (Å²) in [4.78, 5) is 55.8. The number of amides is 2. The fourth-order valence-electron chi connectivity index (χ4n) is 3.21. The van der Waals surface area contributed by atoms with Crippen LogP contribution in [0.2, 0.25) is 0 Å². The highest BCUT2D eigenvalue weighted by Crippen LogP contribution is 2.45. The minimum absolute atomic E-state index is 0.0560. The molecule has 0 bridgehead atoms. The van der Waals surface area contributed by atoms with E-state index in [1.807, 2.05) is 0 Å². The van der Waals surface area contributed by atoms with E-state index in [1.54, 1.807) is 0 Å². The van der Waals surface area contributed by atoms with Crippen LogP contribution in [0.15, 0.2) is 32.2 Å². The molecular formula is C17H17N9O5S3. The molecule has 17 heteroatoms. The number of nitrogens with one attached hydrogen (secondary N) is 1. The Bertz CT molecular complexity index is 1230. The summed E-state index contributed by atoms with van der Waals surface area (Å²) in [6, 6.07) is 0.481. The smallest absolute Gasteiger partial charge is 0.353 e. The number of anilines is 3. The number of nitrogen functional groups attached to an aromatic ring is 3. The minimum Gasteiger partial charge on any atom is -0.477 e. The summed E-state index contributed by atoms with van der Waals surface area (Å²) in [5.74, 6) is -2.26. The van der Waals surface area contributed by atoms with E-state index < -0.39 is 29.2 Å². The predicted molar refractivity (Wildman–Crippen MR) is 126 cm³/mol. The van der Waals surface area contributed by atoms with Crippen LogP contribution in [-0.2, 0) is 19.2 Å². The Labute approximate surface area is 204 Å². The number of aromatic nitrogens is 3. The van der Waals surface area contributed by atoms with Crippen LogP contribution in [0.3, 0.4) is 0 Å². The number of carbonyl (C=O) groups excluding carboxylic acids is 2. The van der Waals surface area contributed by atoms with Crippen molar-refractivity contribution in [2.24, 2.45) is 5.16 Å². The topological polar surface area (TPSA) is 225 Å². The van der Waals surface area contributed by atoms with Crippen LogP contribution in [0.1, 0.15) is 5.69 Å². The number of β-lactam (4-membered cyclic amide) rings is 1. The molecule has 34 heavy (non-hydrogen) atoms. The molecule has 14 nitrogen and oxygen atoms in total. The molecule has 0 aliphatic carbocycles. The number of fused-ring (bicyclic) bond motifs is 1. The molecule has 2 amide bonds. The molecule has 0 aromatic carbocycles. The van der Waals surface area contributed by atoms with Gasteiger partial charge in [-0.25, -0.2) is 14.8 Å². The first-order valence-corrected chi connectivity index (χ1v) is 12.1. The molecule has 4 heterocycles. The number of hydrogen-bond donors (Lipinski definition) is 5. The first kappa shape index (κ1) is 23.6. The summed E-state index contributed by atoms with van der Waals surface area (Å²) in [5.41, 5.74) is 16.7. The zero-order chi connectivity index (χ0) is 24.6. The lowest BCUT2D eigenvalue weighted by atomic mass is 10.0. The SMILES string of the molecule is CO/N=C(\C(=O)NC1C(=O)N2C(C(=O)O)=C(Sc3cc(N)nc(N)n3)CSC12)c1csc(N)n1. The number of carbonyl (C=O) groups is 3. The third-order valence-electron chi connectivity index (χ3n) is 4.55. The van der Waals surface area contributed by atoms with E-state index in [9.17, 15) is 19.5 Å². The normalized spacial score (nSPS) is 20.0. The Morgan fingerprint density at radius 1 is 1.32 bits per heavy atom. The van der Waals surface area contributed by atoms with E-state index >= 15 is 0 Å². The molecule has 2 aromatic rings. The van der Waals surface area contributed by atoms with E-state index in [2.05, 4.69) is 25.4 Å². The lowest BCUT2D eigenvalue weighted by Gasteiger charge is -2.49. The Morgan fingerprint density at radius 2 is 2.09 bits per heavy atom. The summed E-state index contributed by atoms with van der Waals surface area (Å²) < 4.78 is 0. The van der Waals surface area contributed by atoms with Crippen molar-refractivity contribution in [1.82, 2.24) is 25.2 Å². The van der Waals surface area contributed by atoms with Crippen molar-refractivity contribution >= 4 is 75.3 Å². The molecular weight excluding hydrogens is 506 g/mol. The fraction of sp³-hybridized carbons (Fsp3) is 0.235. The van der Waals surface area contributed by atoms with Crippen LogP contribution in [0.25, 0.3) is 0 Å². The van der Waals surface area contributed by atoms with Gasteiger partial charge in [0.05, 0.1) is 0 Å². The van der Waals surface area contributed by atoms with Gasteiger partial charge in [-0.1, -0.05) is 16.9 Å². The Balaban J connectivity index is 1.55. The van der Waals surface area contributed by atoms with Gasteiger partial charge in [0.1, 0.15) is 40.8 Å². The number of aliphatic carboxylic acids is 1. The van der Waals surface area contributed by atoms with Gasteiger partial charge in [-0.15, -0.1) is 23.1 Å². The molecule has 2 atom stereocenters. The molecule has 0 spiro atoms. The zero-order valence-electron chi connectivity index (χ0n) is 17.3. The summed E-state index contributed by atoms with van der Waals surface area (Å²) >= 11 is 3.43. The lowest BCUT2D eigenvalue weighted by Crippen LogP contribution is -2.71. The minimum atomic E-state index is -1.29. The van der Waals surface area contributed by atoms with Gasteiger partial charge in [-0.3, -0.25) is 14.5 Å². The highest BCUT2D eigenvalue weighted by atomic mass is 32.2. The Kier molecular flexibility index (Phi) is 6.49. The van der Waals surface area contributed by atoms with Crippen LogP contribution in [0.4, 0.5) is 16.9 Å². The predicted octanol–water partition coefficient (Wildman–Crippen LogP) is -0.481. The van der Waals surface area contributed by atoms with E-state index in [1.165, 1.54) is 30.3 Å². The third-order valence-corrected chi connectivity index (χ3v) is 7.69. The molecule has 0 radical (unpaired) electrons. The van der Waals surface area contributed by atoms with Gasteiger partial charge in [0, 0.05) is 22.1 Å². The number of thiazole rings is 1. The standard InChI is InChI=1S/C17H17N9O5S3/c1-31-25-9(5-3-33-17(20)21-5)12(27)24-10-13(28)26-11(15(29)30)6(4-32-14(10)26)34-8-2-7(18)22-16(19)23-8/h2-3,10,14H,4H2,1H3,(H2,20,21)(H,24,27)(H,29,30)(H4,18,19,22,23)/b25-9-. The molecule has 4 rings (SSSR count). The Morgan fingerprint density at radius 3 is 2.71 bits per heavy atom. The van der Waals surface area contributed by atoms with Crippen molar-refractivity contribution in [3.8, 4) is 0 Å². The van der Waals surface area contributed by atoms with Crippen molar-refractivity contribution in [2.75, 3.05) is 30.1 Å². The Hall–Kier alpha value is -3.57. The first-order chi connectivity index (χ1) is 16.2. The van der Waals surface area contributed by atoms with Crippen LogP contribution in [-0.4, -0.2) is 72.7 Å². The van der Waals surface area contributed by atoms with Gasteiger partial charge in [-0.2, -0.15) is 4.98 Å². The molecule has 8 N–H and O–H groups in total. The average molecular weight is 524 g/mol. The van der Waals surface area contributed by atoms with Crippen LogP contribution >= 0.6 is 34.9 Å². The summed E-state index contributed by atoms with van der Waals surface area (Å²) in [5, 5.41) is 17.6. The van der Waals surface area contributed by atoms with Gasteiger partial charge in [0.25, 0.3) is 11.8 Å². The van der Waals surface area contributed by atoms with E-state index in [-0.39, 0.29) is 39.8 Å². The van der Waals surface area contributed by atoms with Crippen LogP contribution in [0, 0.1) is 0 Å². The average Bonchev–Trinajstić information content (AvgIpc) is 3.20. The lowest BCUT2D eigenvalue weighted by molar-refractivity contribution is -0.150. The summed E-state index contributed by atoms with van der Waals surface area (Å²) in [6.45, 7) is 0. The van der Waals surface area contributed by atoms with Crippen molar-refractivity contribution in [1.29, 1.82) is 0 Å². The number of nitrogens with zero attached hydrogens (tertiary/aromatic N) is 5. The van der Waals surface area contributed by atoms with Crippen molar-refractivity contribution < 1.29 is 24.3 Å². The van der Waals surface area contributed by atoms with Crippen molar-refractivity contribution in [3.63, 3.8) is 0 Å². The van der Waals surface area contributed by atoms with Gasteiger partial charge in [0.2, 0.25) is 5.95 Å². The van der Waals surface area contributed by atoms with E-state index in [0.29, 0.717) is 9.93 Å². The third kappa shape index (κ3) is 4.44. The number of hydrogen-bond acceptors (Lipinski definition) is 14. The largest absolute Gasteiger partial charge is 0.477 e. The first-order valence-electron chi connectivity index (χ1n) is 9.32. The summed E-state index contributed by atoms with van der Waals surface area (Å²) in [6.07, 6.45) is 0. The maximum absolute atomic E-state index is 12.9. The number of thioether (sulfide) groups is 2. The number of rotatable bonds is 7. The maximum Gasteiger partial charge on any atom is 0.353 e. The molecule has 2 aromatic heterocycles. The highest BCUT2D eigenvalue weighted by Gasteiger charge is 2.54.